The maximum Gasteiger partial charge on any atom is 0.260 e. The van der Waals surface area contributed by atoms with E-state index in [0.717, 1.165) is 17.1 Å². The molecule has 1 aliphatic rings. The molecule has 0 saturated carbocycles. The van der Waals surface area contributed by atoms with Crippen molar-refractivity contribution in [3.05, 3.63) is 78.4 Å². The molecule has 4 rings (SSSR count). The smallest absolute Gasteiger partial charge is 0.260 e. The number of nitrogens with zero attached hydrogens (tertiary/aromatic N) is 3. The molecule has 8 nitrogen and oxygen atoms in total. The Bertz CT molecular complexity index is 1090. The lowest BCUT2D eigenvalue weighted by Gasteiger charge is -2.32. The number of piperidine rings is 1. The lowest BCUT2D eigenvalue weighted by atomic mass is 9.94. The molecule has 0 aliphatic carbocycles. The van der Waals surface area contributed by atoms with E-state index in [4.69, 9.17) is 9.47 Å². The summed E-state index contributed by atoms with van der Waals surface area (Å²) >= 11 is 0. The fraction of sp³-hybridized carbons (Fsp3) is 0.346. The molecule has 3 aromatic rings. The highest BCUT2D eigenvalue weighted by Gasteiger charge is 2.30. The van der Waals surface area contributed by atoms with Gasteiger partial charge in [0.2, 0.25) is 5.91 Å². The summed E-state index contributed by atoms with van der Waals surface area (Å²) in [5.41, 5.74) is 0.925. The summed E-state index contributed by atoms with van der Waals surface area (Å²) in [7, 11) is 3.53. The molecule has 178 valence electrons. The third-order valence-electron chi connectivity index (χ3n) is 6.18. The Kier molecular flexibility index (Phi) is 7.47. The second-order valence-electron chi connectivity index (χ2n) is 8.37. The van der Waals surface area contributed by atoms with Crippen LogP contribution in [0, 0.1) is 5.92 Å². The first kappa shape index (κ1) is 23.4. The van der Waals surface area contributed by atoms with Gasteiger partial charge in [-0.25, -0.2) is 4.98 Å². The topological polar surface area (TPSA) is 85.7 Å². The van der Waals surface area contributed by atoms with Crippen LogP contribution in [0.4, 0.5) is 0 Å². The minimum Gasteiger partial charge on any atom is -0.497 e. The molecule has 1 atom stereocenters. The number of amides is 2. The molecule has 1 saturated heterocycles. The van der Waals surface area contributed by atoms with Crippen molar-refractivity contribution in [1.29, 1.82) is 0 Å². The Labute approximate surface area is 199 Å². The first-order valence-electron chi connectivity index (χ1n) is 11.4. The third-order valence-corrected chi connectivity index (χ3v) is 6.18. The summed E-state index contributed by atoms with van der Waals surface area (Å²) in [4.78, 5) is 32.0. The SMILES string of the molecule is COc1ccc(C(NC(=O)C2CCN(C(=O)COc3ccccc3)CC2)c2nccn2C)cc1. The lowest BCUT2D eigenvalue weighted by molar-refractivity contribution is -0.137. The number of nitrogens with one attached hydrogen (secondary N) is 1. The summed E-state index contributed by atoms with van der Waals surface area (Å²) in [6.45, 7) is 1.06. The van der Waals surface area contributed by atoms with Gasteiger partial charge in [0.1, 0.15) is 23.4 Å². The first-order valence-corrected chi connectivity index (χ1v) is 11.4. The number of rotatable bonds is 8. The van der Waals surface area contributed by atoms with Crippen molar-refractivity contribution in [1.82, 2.24) is 19.8 Å². The molecule has 2 aromatic carbocycles. The summed E-state index contributed by atoms with van der Waals surface area (Å²) < 4.78 is 12.7. The van der Waals surface area contributed by atoms with Gasteiger partial charge in [0.05, 0.1) is 7.11 Å². The fourth-order valence-electron chi connectivity index (χ4n) is 4.15. The van der Waals surface area contributed by atoms with E-state index in [-0.39, 0.29) is 30.4 Å². The van der Waals surface area contributed by atoms with E-state index in [9.17, 15) is 9.59 Å². The Morgan fingerprint density at radius 3 is 2.38 bits per heavy atom. The van der Waals surface area contributed by atoms with Crippen LogP contribution < -0.4 is 14.8 Å². The van der Waals surface area contributed by atoms with Gasteiger partial charge in [-0.3, -0.25) is 9.59 Å². The number of hydrogen-bond donors (Lipinski definition) is 1. The van der Waals surface area contributed by atoms with E-state index in [1.54, 1.807) is 18.2 Å². The van der Waals surface area contributed by atoms with E-state index in [0.29, 0.717) is 31.7 Å². The van der Waals surface area contributed by atoms with Crippen molar-refractivity contribution in [2.75, 3.05) is 26.8 Å². The lowest BCUT2D eigenvalue weighted by Crippen LogP contribution is -2.45. The number of aromatic nitrogens is 2. The van der Waals surface area contributed by atoms with Gasteiger partial charge in [-0.1, -0.05) is 30.3 Å². The molecule has 34 heavy (non-hydrogen) atoms. The average molecular weight is 463 g/mol. The molecule has 1 fully saturated rings. The number of hydrogen-bond acceptors (Lipinski definition) is 5. The van der Waals surface area contributed by atoms with Crippen molar-refractivity contribution < 1.29 is 19.1 Å². The van der Waals surface area contributed by atoms with Gasteiger partial charge in [0.15, 0.2) is 6.61 Å². The number of carbonyl (C=O) groups excluding carboxylic acids is 2. The molecule has 0 bridgehead atoms. The van der Waals surface area contributed by atoms with Crippen molar-refractivity contribution in [3.63, 3.8) is 0 Å². The number of aryl methyl sites for hydroxylation is 1. The molecule has 8 heteroatoms. The van der Waals surface area contributed by atoms with Gasteiger partial charge < -0.3 is 24.3 Å². The van der Waals surface area contributed by atoms with Crippen LogP contribution in [0.5, 0.6) is 11.5 Å². The molecule has 2 heterocycles. The molecule has 2 amide bonds. The monoisotopic (exact) mass is 462 g/mol. The minimum atomic E-state index is -0.377. The Balaban J connectivity index is 1.35. The predicted molar refractivity (Wildman–Crippen MR) is 127 cm³/mol. The largest absolute Gasteiger partial charge is 0.497 e. The van der Waals surface area contributed by atoms with Crippen LogP contribution in [0.2, 0.25) is 0 Å². The standard InChI is InChI=1S/C26H30N4O4/c1-29-17-14-27-25(29)24(19-8-10-21(33-2)11-9-19)28-26(32)20-12-15-30(16-13-20)23(31)18-34-22-6-4-3-5-7-22/h3-11,14,17,20,24H,12-13,15-16,18H2,1-2H3,(H,28,32). The predicted octanol–water partition coefficient (Wildman–Crippen LogP) is 2.95. The molecule has 0 spiro atoms. The summed E-state index contributed by atoms with van der Waals surface area (Å²) in [5.74, 6) is 1.92. The Morgan fingerprint density at radius 1 is 1.06 bits per heavy atom. The zero-order valence-corrected chi connectivity index (χ0v) is 19.5. The zero-order chi connectivity index (χ0) is 23.9. The molecule has 1 aliphatic heterocycles. The van der Waals surface area contributed by atoms with E-state index in [2.05, 4.69) is 10.3 Å². The normalized spacial score (nSPS) is 14.9. The van der Waals surface area contributed by atoms with Crippen molar-refractivity contribution in [2.45, 2.75) is 18.9 Å². The number of imidazole rings is 1. The van der Waals surface area contributed by atoms with Gasteiger partial charge in [-0.2, -0.15) is 0 Å². The maximum absolute atomic E-state index is 13.2. The van der Waals surface area contributed by atoms with Crippen molar-refractivity contribution in [3.8, 4) is 11.5 Å². The summed E-state index contributed by atoms with van der Waals surface area (Å²) in [6.07, 6.45) is 4.80. The number of likely N-dealkylation sites (tertiary alicyclic amines) is 1. The van der Waals surface area contributed by atoms with Gasteiger partial charge in [-0.15, -0.1) is 0 Å². The second-order valence-corrected chi connectivity index (χ2v) is 8.37. The van der Waals surface area contributed by atoms with Crippen molar-refractivity contribution >= 4 is 11.8 Å². The Hall–Kier alpha value is -3.81. The van der Waals surface area contributed by atoms with Crippen LogP contribution in [0.3, 0.4) is 0 Å². The van der Waals surface area contributed by atoms with Gasteiger partial charge in [0, 0.05) is 38.4 Å². The molecule has 1 aromatic heterocycles. The second kappa shape index (κ2) is 10.9. The van der Waals surface area contributed by atoms with E-state index < -0.39 is 0 Å². The van der Waals surface area contributed by atoms with E-state index in [1.807, 2.05) is 72.4 Å². The summed E-state index contributed by atoms with van der Waals surface area (Å²) in [5, 5.41) is 3.18. The highest BCUT2D eigenvalue weighted by Crippen LogP contribution is 2.25. The third kappa shape index (κ3) is 5.57. The van der Waals surface area contributed by atoms with Crippen LogP contribution in [-0.2, 0) is 16.6 Å². The number of para-hydroxylation sites is 1. The number of methoxy groups -OCH3 is 1. The van der Waals surface area contributed by atoms with Crippen LogP contribution >= 0.6 is 0 Å². The Morgan fingerprint density at radius 2 is 1.76 bits per heavy atom. The highest BCUT2D eigenvalue weighted by molar-refractivity contribution is 5.81. The first-order chi connectivity index (χ1) is 16.5. The van der Waals surface area contributed by atoms with E-state index in [1.165, 1.54) is 0 Å². The summed E-state index contributed by atoms with van der Waals surface area (Å²) in [6, 6.07) is 16.5. The van der Waals surface area contributed by atoms with Crippen LogP contribution in [0.15, 0.2) is 67.0 Å². The van der Waals surface area contributed by atoms with E-state index >= 15 is 0 Å². The molecular formula is C26H30N4O4. The van der Waals surface area contributed by atoms with Crippen LogP contribution in [0.1, 0.15) is 30.3 Å². The quantitative estimate of drug-likeness (QED) is 0.556. The van der Waals surface area contributed by atoms with Crippen molar-refractivity contribution in [2.24, 2.45) is 13.0 Å². The van der Waals surface area contributed by atoms with Gasteiger partial charge >= 0.3 is 0 Å². The number of benzene rings is 2. The number of ether oxygens (including phenoxy) is 2. The maximum atomic E-state index is 13.2. The molecule has 1 N–H and O–H groups in total. The van der Waals surface area contributed by atoms with Gasteiger partial charge in [0.25, 0.3) is 5.91 Å². The zero-order valence-electron chi connectivity index (χ0n) is 19.5. The molecule has 1 unspecified atom stereocenters. The van der Waals surface area contributed by atoms with Crippen LogP contribution in [-0.4, -0.2) is 53.1 Å². The molecular weight excluding hydrogens is 432 g/mol. The number of carbonyl (C=O) groups is 2. The van der Waals surface area contributed by atoms with Crippen LogP contribution in [0.25, 0.3) is 0 Å². The fourth-order valence-corrected chi connectivity index (χ4v) is 4.15. The highest BCUT2D eigenvalue weighted by atomic mass is 16.5. The minimum absolute atomic E-state index is 0.000418. The average Bonchev–Trinajstić information content (AvgIpc) is 3.32. The molecule has 0 radical (unpaired) electrons. The van der Waals surface area contributed by atoms with Gasteiger partial charge in [-0.05, 0) is 42.7 Å².